The Morgan fingerprint density at radius 2 is 2.12 bits per heavy atom. The van der Waals surface area contributed by atoms with Crippen molar-refractivity contribution >= 4 is 24.8 Å². The SMILES string of the molecule is Nc1ncnc2c1ncn2[C@H]1C[C@H](OP(=O)([O-])[O-])[C@@H](CO)O1.[Na+].[Na+]. The van der Waals surface area contributed by atoms with Gasteiger partial charge < -0.3 is 34.5 Å². The molecule has 0 bridgehead atoms. The van der Waals surface area contributed by atoms with Crippen molar-refractivity contribution < 1.29 is 87.8 Å². The molecule has 0 aliphatic carbocycles. The number of anilines is 1. The summed E-state index contributed by atoms with van der Waals surface area (Å²) in [5.41, 5.74) is 6.44. The molecule has 1 aliphatic rings. The second-order valence-corrected chi connectivity index (χ2v) is 5.83. The standard InChI is InChI=1S/C10H14N5O6P.2Na/c11-9-8-10(13-3-12-9)15(4-14-8)7-1-5(6(2-16)20-7)21-22(17,18)19;;/h3-7,16H,1-2H2,(H2,11,12,13)(H2,17,18,19);;/q;2*+1/p-2/t5-,6+,7+;;/m0../s1. The smallest absolute Gasteiger partial charge is 0.790 e. The predicted molar refractivity (Wildman–Crippen MR) is 67.8 cm³/mol. The van der Waals surface area contributed by atoms with Crippen LogP contribution in [-0.2, 0) is 13.8 Å². The van der Waals surface area contributed by atoms with Crippen molar-refractivity contribution in [1.82, 2.24) is 19.5 Å². The molecule has 2 aromatic heterocycles. The molecular formula is C10H12N5Na2O6P. The summed E-state index contributed by atoms with van der Waals surface area (Å²) < 4.78 is 22.2. The Morgan fingerprint density at radius 3 is 2.75 bits per heavy atom. The van der Waals surface area contributed by atoms with Gasteiger partial charge in [0.1, 0.15) is 24.2 Å². The Morgan fingerprint density at radius 1 is 1.42 bits per heavy atom. The van der Waals surface area contributed by atoms with Gasteiger partial charge in [0, 0.05) is 6.42 Å². The first-order valence-corrected chi connectivity index (χ1v) is 7.75. The summed E-state index contributed by atoms with van der Waals surface area (Å²) in [5.74, 6) is 0.192. The Labute approximate surface area is 180 Å². The van der Waals surface area contributed by atoms with E-state index in [1.807, 2.05) is 0 Å². The van der Waals surface area contributed by atoms with E-state index in [4.69, 9.17) is 10.5 Å². The second kappa shape index (κ2) is 8.85. The van der Waals surface area contributed by atoms with Gasteiger partial charge in [-0.05, 0) is 0 Å². The van der Waals surface area contributed by atoms with Crippen LogP contribution in [0.15, 0.2) is 12.7 Å². The number of aromatic nitrogens is 4. The number of phosphoric acid groups is 1. The van der Waals surface area contributed by atoms with E-state index in [2.05, 4.69) is 19.5 Å². The number of aliphatic hydroxyl groups excluding tert-OH is 1. The Hall–Kier alpha value is 0.380. The molecule has 1 aliphatic heterocycles. The summed E-state index contributed by atoms with van der Waals surface area (Å²) in [6, 6.07) is 0. The van der Waals surface area contributed by atoms with Crippen molar-refractivity contribution in [3.63, 3.8) is 0 Å². The molecule has 120 valence electrons. The molecule has 24 heavy (non-hydrogen) atoms. The monoisotopic (exact) mass is 375 g/mol. The van der Waals surface area contributed by atoms with E-state index in [-0.39, 0.29) is 71.4 Å². The number of nitrogens with zero attached hydrogens (tertiary/aromatic N) is 4. The van der Waals surface area contributed by atoms with Gasteiger partial charge >= 0.3 is 59.1 Å². The van der Waals surface area contributed by atoms with Crippen LogP contribution in [0.1, 0.15) is 12.6 Å². The maximum atomic E-state index is 10.8. The van der Waals surface area contributed by atoms with Crippen LogP contribution in [0, 0.1) is 0 Å². The number of rotatable bonds is 4. The molecule has 3 N–H and O–H groups in total. The van der Waals surface area contributed by atoms with Crippen molar-refractivity contribution in [1.29, 1.82) is 0 Å². The molecule has 0 saturated carbocycles. The summed E-state index contributed by atoms with van der Waals surface area (Å²) in [6.07, 6.45) is -0.0233. The van der Waals surface area contributed by atoms with Gasteiger partial charge in [-0.2, -0.15) is 0 Å². The van der Waals surface area contributed by atoms with Gasteiger partial charge in [-0.25, -0.2) is 15.0 Å². The Kier molecular flexibility index (Phi) is 8.27. The van der Waals surface area contributed by atoms with Gasteiger partial charge in [-0.1, -0.05) is 0 Å². The normalized spacial score (nSPS) is 23.7. The number of hydrogen-bond acceptors (Lipinski definition) is 10. The van der Waals surface area contributed by atoms with Crippen LogP contribution in [0.5, 0.6) is 0 Å². The van der Waals surface area contributed by atoms with Gasteiger partial charge in [0.25, 0.3) is 0 Å². The zero-order valence-electron chi connectivity index (χ0n) is 13.1. The van der Waals surface area contributed by atoms with E-state index in [0.29, 0.717) is 11.2 Å². The molecule has 3 heterocycles. The summed E-state index contributed by atoms with van der Waals surface area (Å²) in [5, 5.41) is 9.24. The van der Waals surface area contributed by atoms with Crippen LogP contribution in [0.3, 0.4) is 0 Å². The third-order valence-electron chi connectivity index (χ3n) is 3.32. The fraction of sp³-hybridized carbons (Fsp3) is 0.500. The van der Waals surface area contributed by atoms with E-state index < -0.39 is 32.9 Å². The topological polar surface area (TPSA) is 172 Å². The van der Waals surface area contributed by atoms with E-state index in [1.54, 1.807) is 0 Å². The van der Waals surface area contributed by atoms with Gasteiger partial charge in [-0.3, -0.25) is 4.57 Å². The average Bonchev–Trinajstić information content (AvgIpc) is 3.01. The van der Waals surface area contributed by atoms with E-state index in [1.165, 1.54) is 17.2 Å². The number of aliphatic hydroxyl groups is 1. The number of nitrogens with two attached hydrogens (primary N) is 1. The molecular weight excluding hydrogens is 363 g/mol. The zero-order chi connectivity index (χ0) is 15.9. The number of hydrogen-bond donors (Lipinski definition) is 2. The molecule has 3 atom stereocenters. The van der Waals surface area contributed by atoms with Crippen LogP contribution in [0.25, 0.3) is 11.2 Å². The molecule has 1 fully saturated rings. The molecule has 2 aromatic rings. The summed E-state index contributed by atoms with van der Waals surface area (Å²) >= 11 is 0. The fourth-order valence-corrected chi connectivity index (χ4v) is 2.95. The van der Waals surface area contributed by atoms with E-state index >= 15 is 0 Å². The number of phosphoric ester groups is 1. The van der Waals surface area contributed by atoms with Crippen molar-refractivity contribution in [3.05, 3.63) is 12.7 Å². The van der Waals surface area contributed by atoms with Crippen LogP contribution in [-0.4, -0.2) is 43.4 Å². The fourth-order valence-electron chi connectivity index (χ4n) is 2.39. The van der Waals surface area contributed by atoms with Crippen molar-refractivity contribution in [2.24, 2.45) is 0 Å². The minimum atomic E-state index is -5.19. The summed E-state index contributed by atoms with van der Waals surface area (Å²) in [7, 11) is -5.19. The first-order valence-electron chi connectivity index (χ1n) is 6.29. The summed E-state index contributed by atoms with van der Waals surface area (Å²) in [6.45, 7) is -0.495. The average molecular weight is 375 g/mol. The van der Waals surface area contributed by atoms with Crippen molar-refractivity contribution in [2.75, 3.05) is 12.3 Å². The van der Waals surface area contributed by atoms with Crippen LogP contribution in [0.2, 0.25) is 0 Å². The van der Waals surface area contributed by atoms with Crippen molar-refractivity contribution in [2.45, 2.75) is 24.9 Å². The maximum Gasteiger partial charge on any atom is 1.00 e. The molecule has 1 saturated heterocycles. The number of nitrogen functional groups attached to an aromatic ring is 1. The van der Waals surface area contributed by atoms with Crippen LogP contribution < -0.4 is 74.6 Å². The third kappa shape index (κ3) is 4.76. The minimum absolute atomic E-state index is 0. The minimum Gasteiger partial charge on any atom is -0.790 e. The third-order valence-corrected chi connectivity index (χ3v) is 3.85. The van der Waals surface area contributed by atoms with Gasteiger partial charge in [0.15, 0.2) is 11.5 Å². The predicted octanol–water partition coefficient (Wildman–Crippen LogP) is -8.09. The second-order valence-electron chi connectivity index (χ2n) is 4.72. The van der Waals surface area contributed by atoms with Crippen LogP contribution >= 0.6 is 7.82 Å². The molecule has 0 aromatic carbocycles. The first kappa shape index (κ1) is 22.4. The summed E-state index contributed by atoms with van der Waals surface area (Å²) in [4.78, 5) is 33.4. The Bertz CT molecular complexity index is 742. The molecule has 0 radical (unpaired) electrons. The largest absolute Gasteiger partial charge is 1.00 e. The molecule has 14 heteroatoms. The Balaban J connectivity index is 0.00000144. The van der Waals surface area contributed by atoms with Gasteiger partial charge in [0.2, 0.25) is 0 Å². The molecule has 0 spiro atoms. The zero-order valence-corrected chi connectivity index (χ0v) is 18.0. The van der Waals surface area contributed by atoms with E-state index in [0.717, 1.165) is 0 Å². The molecule has 0 amide bonds. The van der Waals surface area contributed by atoms with E-state index in [9.17, 15) is 19.5 Å². The molecule has 3 rings (SSSR count). The molecule has 11 nitrogen and oxygen atoms in total. The molecule has 0 unspecified atom stereocenters. The van der Waals surface area contributed by atoms with Crippen LogP contribution in [0.4, 0.5) is 5.82 Å². The van der Waals surface area contributed by atoms with Crippen molar-refractivity contribution in [3.8, 4) is 0 Å². The first-order chi connectivity index (χ1) is 10.4. The quantitative estimate of drug-likeness (QED) is 0.386. The number of fused-ring (bicyclic) bond motifs is 1. The van der Waals surface area contributed by atoms with Gasteiger partial charge in [-0.15, -0.1) is 0 Å². The van der Waals surface area contributed by atoms with Gasteiger partial charge in [0.05, 0.1) is 26.9 Å². The number of ether oxygens (including phenoxy) is 1. The maximum absolute atomic E-state index is 10.8. The number of imidazole rings is 1.